The minimum atomic E-state index is -3.77. The number of para-hydroxylation sites is 1. The van der Waals surface area contributed by atoms with Crippen molar-refractivity contribution >= 4 is 21.5 Å². The van der Waals surface area contributed by atoms with E-state index in [4.69, 9.17) is 4.42 Å². The lowest BCUT2D eigenvalue weighted by Gasteiger charge is -2.29. The molecule has 0 unspecified atom stereocenters. The summed E-state index contributed by atoms with van der Waals surface area (Å²) in [5.41, 5.74) is 2.36. The normalized spacial score (nSPS) is 14.3. The number of fused-ring (bicyclic) bond motifs is 1. The van der Waals surface area contributed by atoms with Crippen LogP contribution < -0.4 is 4.31 Å². The first-order valence-electron chi connectivity index (χ1n) is 8.57. The Bertz CT molecular complexity index is 1130. The second-order valence-electron chi connectivity index (χ2n) is 6.43. The molecule has 0 amide bonds. The van der Waals surface area contributed by atoms with E-state index in [0.29, 0.717) is 28.6 Å². The van der Waals surface area contributed by atoms with Crippen LogP contribution in [-0.4, -0.2) is 25.7 Å². The molecule has 138 valence electrons. The van der Waals surface area contributed by atoms with Gasteiger partial charge in [-0.15, -0.1) is 0 Å². The number of ketones is 1. The number of carbonyl (C=O) groups excluding carboxylic acids is 1. The third kappa shape index (κ3) is 2.94. The zero-order valence-corrected chi connectivity index (χ0v) is 15.8. The van der Waals surface area contributed by atoms with Crippen molar-refractivity contribution < 1.29 is 17.6 Å². The van der Waals surface area contributed by atoms with Crippen LogP contribution in [0.15, 0.2) is 57.8 Å². The molecule has 0 saturated carbocycles. The molecule has 27 heavy (non-hydrogen) atoms. The summed E-state index contributed by atoms with van der Waals surface area (Å²) >= 11 is 0. The number of anilines is 1. The standard InChI is InChI=1S/C20H18N2O4S/c1-13-20(21-14(2)26-13)15-7-9-16(10-8-15)27(24,25)22-12-11-19(23)17-5-3-4-6-18(17)22/h3-10H,11-12H2,1-2H3. The fourth-order valence-corrected chi connectivity index (χ4v) is 4.83. The third-order valence-corrected chi connectivity index (χ3v) is 6.46. The summed E-state index contributed by atoms with van der Waals surface area (Å²) in [6.07, 6.45) is 0.172. The van der Waals surface area contributed by atoms with Crippen molar-refractivity contribution in [3.8, 4) is 11.3 Å². The van der Waals surface area contributed by atoms with E-state index in [1.807, 2.05) is 6.92 Å². The third-order valence-electron chi connectivity index (χ3n) is 4.63. The van der Waals surface area contributed by atoms with E-state index >= 15 is 0 Å². The van der Waals surface area contributed by atoms with Gasteiger partial charge in [-0.05, 0) is 31.2 Å². The zero-order chi connectivity index (χ0) is 19.2. The Balaban J connectivity index is 1.72. The van der Waals surface area contributed by atoms with Gasteiger partial charge in [-0.3, -0.25) is 9.10 Å². The van der Waals surface area contributed by atoms with Crippen molar-refractivity contribution in [3.63, 3.8) is 0 Å². The Kier molecular flexibility index (Phi) is 4.11. The van der Waals surface area contributed by atoms with Gasteiger partial charge in [-0.25, -0.2) is 13.4 Å². The highest BCUT2D eigenvalue weighted by molar-refractivity contribution is 7.92. The smallest absolute Gasteiger partial charge is 0.264 e. The molecule has 1 aromatic heterocycles. The van der Waals surface area contributed by atoms with Crippen molar-refractivity contribution in [2.75, 3.05) is 10.8 Å². The monoisotopic (exact) mass is 382 g/mol. The number of Topliss-reactive ketones (excluding diaryl/α,β-unsaturated/α-hetero) is 1. The first-order valence-corrected chi connectivity index (χ1v) is 10.0. The van der Waals surface area contributed by atoms with Crippen molar-refractivity contribution in [3.05, 3.63) is 65.7 Å². The lowest BCUT2D eigenvalue weighted by atomic mass is 10.0. The van der Waals surface area contributed by atoms with Crippen LogP contribution in [0.3, 0.4) is 0 Å². The van der Waals surface area contributed by atoms with Gasteiger partial charge < -0.3 is 4.42 Å². The van der Waals surface area contributed by atoms with Crippen molar-refractivity contribution in [1.29, 1.82) is 0 Å². The van der Waals surface area contributed by atoms with Crippen LogP contribution in [0.4, 0.5) is 5.69 Å². The molecule has 0 radical (unpaired) electrons. The summed E-state index contributed by atoms with van der Waals surface area (Å²) in [5, 5.41) is 0. The van der Waals surface area contributed by atoms with E-state index in [1.54, 1.807) is 55.5 Å². The maximum absolute atomic E-state index is 13.2. The SMILES string of the molecule is Cc1nc(-c2ccc(S(=O)(=O)N3CCC(=O)c4ccccc43)cc2)c(C)o1. The topological polar surface area (TPSA) is 80.5 Å². The van der Waals surface area contributed by atoms with Crippen LogP contribution in [0, 0.1) is 13.8 Å². The molecule has 6 nitrogen and oxygen atoms in total. The van der Waals surface area contributed by atoms with E-state index in [-0.39, 0.29) is 23.6 Å². The Morgan fingerprint density at radius 2 is 1.74 bits per heavy atom. The summed E-state index contributed by atoms with van der Waals surface area (Å²) < 4.78 is 33.1. The van der Waals surface area contributed by atoms with Gasteiger partial charge in [0.2, 0.25) is 0 Å². The van der Waals surface area contributed by atoms with Gasteiger partial charge in [0.1, 0.15) is 11.5 Å². The summed E-state index contributed by atoms with van der Waals surface area (Å²) in [7, 11) is -3.77. The van der Waals surface area contributed by atoms with Gasteiger partial charge in [0, 0.05) is 31.0 Å². The molecule has 0 bridgehead atoms. The Hall–Kier alpha value is -2.93. The predicted octanol–water partition coefficient (Wildman–Crippen LogP) is 3.74. The highest BCUT2D eigenvalue weighted by Crippen LogP contribution is 2.32. The minimum absolute atomic E-state index is 0.0377. The maximum Gasteiger partial charge on any atom is 0.264 e. The molecular formula is C20H18N2O4S. The molecule has 1 aliphatic rings. The van der Waals surface area contributed by atoms with Crippen molar-refractivity contribution in [2.45, 2.75) is 25.2 Å². The van der Waals surface area contributed by atoms with E-state index < -0.39 is 10.0 Å². The molecule has 0 aliphatic carbocycles. The Morgan fingerprint density at radius 3 is 2.41 bits per heavy atom. The molecule has 0 atom stereocenters. The summed E-state index contributed by atoms with van der Waals surface area (Å²) in [5.74, 6) is 1.21. The van der Waals surface area contributed by atoms with Crippen LogP contribution in [0.25, 0.3) is 11.3 Å². The van der Waals surface area contributed by atoms with Gasteiger partial charge >= 0.3 is 0 Å². The van der Waals surface area contributed by atoms with Gasteiger partial charge in [0.25, 0.3) is 10.0 Å². The number of carbonyl (C=O) groups is 1. The van der Waals surface area contributed by atoms with Crippen molar-refractivity contribution in [1.82, 2.24) is 4.98 Å². The molecular weight excluding hydrogens is 364 g/mol. The van der Waals surface area contributed by atoms with Gasteiger partial charge in [0.15, 0.2) is 11.7 Å². The fourth-order valence-electron chi connectivity index (χ4n) is 3.34. The quantitative estimate of drug-likeness (QED) is 0.689. The van der Waals surface area contributed by atoms with Gasteiger partial charge in [-0.1, -0.05) is 24.3 Å². The lowest BCUT2D eigenvalue weighted by molar-refractivity contribution is 0.0982. The number of sulfonamides is 1. The summed E-state index contributed by atoms with van der Waals surface area (Å²) in [6.45, 7) is 3.73. The number of aryl methyl sites for hydroxylation is 2. The number of aromatic nitrogens is 1. The molecule has 1 aliphatic heterocycles. The molecule has 3 aromatic rings. The maximum atomic E-state index is 13.2. The first kappa shape index (κ1) is 17.5. The molecule has 0 spiro atoms. The van der Waals surface area contributed by atoms with Crippen LogP contribution in [0.2, 0.25) is 0 Å². The average Bonchev–Trinajstić information content (AvgIpc) is 3.00. The van der Waals surface area contributed by atoms with E-state index in [9.17, 15) is 13.2 Å². The second-order valence-corrected chi connectivity index (χ2v) is 8.29. The molecule has 2 heterocycles. The second kappa shape index (κ2) is 6.35. The van der Waals surface area contributed by atoms with E-state index in [2.05, 4.69) is 4.98 Å². The molecule has 2 aromatic carbocycles. The first-order chi connectivity index (χ1) is 12.9. The predicted molar refractivity (Wildman–Crippen MR) is 101 cm³/mol. The van der Waals surface area contributed by atoms with Crippen LogP contribution >= 0.6 is 0 Å². The Morgan fingerprint density at radius 1 is 1.04 bits per heavy atom. The summed E-state index contributed by atoms with van der Waals surface area (Å²) in [6, 6.07) is 13.4. The fraction of sp³-hybridized carbons (Fsp3) is 0.200. The van der Waals surface area contributed by atoms with Crippen LogP contribution in [0.5, 0.6) is 0 Å². The van der Waals surface area contributed by atoms with E-state index in [0.717, 1.165) is 5.56 Å². The average molecular weight is 382 g/mol. The van der Waals surface area contributed by atoms with Gasteiger partial charge in [-0.2, -0.15) is 0 Å². The number of hydrogen-bond acceptors (Lipinski definition) is 5. The van der Waals surface area contributed by atoms with Gasteiger partial charge in [0.05, 0.1) is 10.6 Å². The molecule has 7 heteroatoms. The highest BCUT2D eigenvalue weighted by atomic mass is 32.2. The minimum Gasteiger partial charge on any atom is -0.446 e. The number of nitrogens with zero attached hydrogens (tertiary/aromatic N) is 2. The Labute approximate surface area is 157 Å². The van der Waals surface area contributed by atoms with Crippen molar-refractivity contribution in [2.24, 2.45) is 0 Å². The molecule has 0 fully saturated rings. The zero-order valence-electron chi connectivity index (χ0n) is 15.0. The molecule has 0 saturated heterocycles. The number of hydrogen-bond donors (Lipinski definition) is 0. The van der Waals surface area contributed by atoms with Crippen LogP contribution in [0.1, 0.15) is 28.4 Å². The largest absolute Gasteiger partial charge is 0.446 e. The number of benzene rings is 2. The number of rotatable bonds is 3. The van der Waals surface area contributed by atoms with Crippen LogP contribution in [-0.2, 0) is 10.0 Å². The summed E-state index contributed by atoms with van der Waals surface area (Å²) in [4.78, 5) is 16.6. The molecule has 0 N–H and O–H groups in total. The molecule has 4 rings (SSSR count). The number of oxazole rings is 1. The highest BCUT2D eigenvalue weighted by Gasteiger charge is 2.32. The lowest BCUT2D eigenvalue weighted by Crippen LogP contribution is -2.37. The van der Waals surface area contributed by atoms with E-state index in [1.165, 1.54) is 4.31 Å².